The SMILES string of the molecule is CC(C)(C)OC(=O)N[C@H](CC(=O)O)c1csc2ccccc12. The molecule has 1 atom stereocenters. The number of carbonyl (C=O) groups excluding carboxylic acids is 1. The Morgan fingerprint density at radius 1 is 1.32 bits per heavy atom. The van der Waals surface area contributed by atoms with Crippen LogP contribution in [0.25, 0.3) is 10.1 Å². The molecule has 0 spiro atoms. The average Bonchev–Trinajstić information content (AvgIpc) is 2.78. The van der Waals surface area contributed by atoms with Crippen LogP contribution in [0.1, 0.15) is 38.8 Å². The Morgan fingerprint density at radius 2 is 2.00 bits per heavy atom. The molecular formula is C16H19NO4S. The molecule has 0 bridgehead atoms. The molecule has 0 fully saturated rings. The summed E-state index contributed by atoms with van der Waals surface area (Å²) in [7, 11) is 0. The molecule has 0 unspecified atom stereocenters. The molecule has 118 valence electrons. The van der Waals surface area contributed by atoms with Crippen molar-refractivity contribution in [3.8, 4) is 0 Å². The first kappa shape index (κ1) is 16.3. The number of benzene rings is 1. The topological polar surface area (TPSA) is 75.6 Å². The van der Waals surface area contributed by atoms with Gasteiger partial charge >= 0.3 is 12.1 Å². The van der Waals surface area contributed by atoms with Crippen LogP contribution in [-0.4, -0.2) is 22.8 Å². The highest BCUT2D eigenvalue weighted by molar-refractivity contribution is 7.17. The minimum atomic E-state index is -0.976. The monoisotopic (exact) mass is 321 g/mol. The summed E-state index contributed by atoms with van der Waals surface area (Å²) in [6.07, 6.45) is -0.811. The van der Waals surface area contributed by atoms with Crippen molar-refractivity contribution in [2.75, 3.05) is 0 Å². The zero-order chi connectivity index (χ0) is 16.3. The number of hydrogen-bond acceptors (Lipinski definition) is 4. The minimum absolute atomic E-state index is 0.194. The van der Waals surface area contributed by atoms with E-state index in [1.54, 1.807) is 20.8 Å². The van der Waals surface area contributed by atoms with Crippen LogP contribution < -0.4 is 5.32 Å². The third kappa shape index (κ3) is 4.21. The van der Waals surface area contributed by atoms with Crippen molar-refractivity contribution in [2.45, 2.75) is 38.8 Å². The molecule has 2 aromatic rings. The van der Waals surface area contributed by atoms with Crippen LogP contribution in [0.2, 0.25) is 0 Å². The third-order valence-electron chi connectivity index (χ3n) is 2.96. The standard InChI is InChI=1S/C16H19NO4S/c1-16(2,3)21-15(20)17-12(8-14(18)19)11-9-22-13-7-5-4-6-10(11)13/h4-7,9,12H,8H2,1-3H3,(H,17,20)(H,18,19)/t12-/m1/s1. The number of amides is 1. The van der Waals surface area contributed by atoms with E-state index in [1.165, 1.54) is 11.3 Å². The van der Waals surface area contributed by atoms with Crippen molar-refractivity contribution < 1.29 is 19.4 Å². The predicted octanol–water partition coefficient (Wildman–Crippen LogP) is 3.94. The number of fused-ring (bicyclic) bond motifs is 1. The van der Waals surface area contributed by atoms with Crippen molar-refractivity contribution in [1.82, 2.24) is 5.32 Å². The minimum Gasteiger partial charge on any atom is -0.481 e. The zero-order valence-electron chi connectivity index (χ0n) is 12.8. The van der Waals surface area contributed by atoms with E-state index in [9.17, 15) is 9.59 Å². The van der Waals surface area contributed by atoms with Crippen LogP contribution in [0, 0.1) is 0 Å². The highest BCUT2D eigenvalue weighted by Gasteiger charge is 2.24. The van der Waals surface area contributed by atoms with Gasteiger partial charge in [-0.3, -0.25) is 4.79 Å². The summed E-state index contributed by atoms with van der Waals surface area (Å²) >= 11 is 1.52. The van der Waals surface area contributed by atoms with Crippen LogP contribution in [0.15, 0.2) is 29.6 Å². The number of nitrogens with one attached hydrogen (secondary N) is 1. The van der Waals surface area contributed by atoms with Gasteiger partial charge in [0, 0.05) is 4.70 Å². The molecule has 0 saturated carbocycles. The van der Waals surface area contributed by atoms with E-state index in [2.05, 4.69) is 5.32 Å². The lowest BCUT2D eigenvalue weighted by Gasteiger charge is -2.23. The largest absolute Gasteiger partial charge is 0.481 e. The lowest BCUT2D eigenvalue weighted by molar-refractivity contribution is -0.137. The third-order valence-corrected chi connectivity index (χ3v) is 3.94. The maximum atomic E-state index is 12.0. The molecule has 0 aliphatic carbocycles. The van der Waals surface area contributed by atoms with E-state index in [-0.39, 0.29) is 6.42 Å². The van der Waals surface area contributed by atoms with E-state index in [0.29, 0.717) is 0 Å². The van der Waals surface area contributed by atoms with Gasteiger partial charge in [-0.15, -0.1) is 11.3 Å². The Morgan fingerprint density at radius 3 is 2.64 bits per heavy atom. The van der Waals surface area contributed by atoms with Gasteiger partial charge in [0.2, 0.25) is 0 Å². The summed E-state index contributed by atoms with van der Waals surface area (Å²) in [6.45, 7) is 5.29. The number of ether oxygens (including phenoxy) is 1. The summed E-state index contributed by atoms with van der Waals surface area (Å²) in [6, 6.07) is 7.09. The Labute approximate surface area is 132 Å². The predicted molar refractivity (Wildman–Crippen MR) is 86.2 cm³/mol. The number of carbonyl (C=O) groups is 2. The molecule has 6 heteroatoms. The molecule has 2 N–H and O–H groups in total. The number of carboxylic acids is 1. The van der Waals surface area contributed by atoms with Crippen molar-refractivity contribution in [3.63, 3.8) is 0 Å². The quantitative estimate of drug-likeness (QED) is 0.894. The Hall–Kier alpha value is -2.08. The first-order valence-corrected chi connectivity index (χ1v) is 7.81. The normalized spacial score (nSPS) is 12.9. The fraction of sp³-hybridized carbons (Fsp3) is 0.375. The second-order valence-electron chi connectivity index (χ2n) is 5.98. The Bertz CT molecular complexity index is 687. The molecule has 0 radical (unpaired) electrons. The molecule has 1 aromatic carbocycles. The summed E-state index contributed by atoms with van der Waals surface area (Å²) in [5.74, 6) is -0.976. The van der Waals surface area contributed by atoms with Crippen LogP contribution in [-0.2, 0) is 9.53 Å². The summed E-state index contributed by atoms with van der Waals surface area (Å²) in [5.41, 5.74) is 0.169. The maximum absolute atomic E-state index is 12.0. The van der Waals surface area contributed by atoms with Gasteiger partial charge in [-0.05, 0) is 43.2 Å². The van der Waals surface area contributed by atoms with Crippen molar-refractivity contribution in [2.24, 2.45) is 0 Å². The van der Waals surface area contributed by atoms with Crippen molar-refractivity contribution in [3.05, 3.63) is 35.2 Å². The van der Waals surface area contributed by atoms with Crippen LogP contribution in [0.3, 0.4) is 0 Å². The van der Waals surface area contributed by atoms with Gasteiger partial charge in [0.1, 0.15) is 5.60 Å². The molecule has 0 saturated heterocycles. The van der Waals surface area contributed by atoms with Gasteiger partial charge in [-0.25, -0.2) is 4.79 Å². The summed E-state index contributed by atoms with van der Waals surface area (Å²) in [4.78, 5) is 23.1. The second-order valence-corrected chi connectivity index (χ2v) is 6.90. The van der Waals surface area contributed by atoms with Gasteiger partial charge in [0.25, 0.3) is 0 Å². The fourth-order valence-electron chi connectivity index (χ4n) is 2.13. The number of rotatable bonds is 4. The number of alkyl carbamates (subject to hydrolysis) is 1. The first-order chi connectivity index (χ1) is 10.3. The van der Waals surface area contributed by atoms with Crippen LogP contribution in [0.5, 0.6) is 0 Å². The lowest BCUT2D eigenvalue weighted by atomic mass is 10.0. The number of hydrogen-bond donors (Lipinski definition) is 2. The number of thiophene rings is 1. The van der Waals surface area contributed by atoms with E-state index in [1.807, 2.05) is 29.6 Å². The van der Waals surface area contributed by atoms with Gasteiger partial charge < -0.3 is 15.2 Å². The molecule has 1 heterocycles. The lowest BCUT2D eigenvalue weighted by Crippen LogP contribution is -2.35. The smallest absolute Gasteiger partial charge is 0.408 e. The van der Waals surface area contributed by atoms with E-state index in [0.717, 1.165) is 15.6 Å². The molecule has 0 aliphatic rings. The highest BCUT2D eigenvalue weighted by atomic mass is 32.1. The number of aliphatic carboxylic acids is 1. The average molecular weight is 321 g/mol. The van der Waals surface area contributed by atoms with Gasteiger partial charge in [0.15, 0.2) is 0 Å². The first-order valence-electron chi connectivity index (χ1n) is 6.94. The van der Waals surface area contributed by atoms with Gasteiger partial charge in [-0.2, -0.15) is 0 Å². The molecule has 1 aromatic heterocycles. The maximum Gasteiger partial charge on any atom is 0.408 e. The van der Waals surface area contributed by atoms with Gasteiger partial charge in [-0.1, -0.05) is 18.2 Å². The molecular weight excluding hydrogens is 302 g/mol. The number of carboxylic acid groups (broad SMARTS) is 1. The highest BCUT2D eigenvalue weighted by Crippen LogP contribution is 2.31. The van der Waals surface area contributed by atoms with Crippen LogP contribution in [0.4, 0.5) is 4.79 Å². The molecule has 1 amide bonds. The summed E-state index contributed by atoms with van der Waals surface area (Å²) < 4.78 is 6.27. The Kier molecular flexibility index (Phi) is 4.71. The van der Waals surface area contributed by atoms with Crippen LogP contribution >= 0.6 is 11.3 Å². The van der Waals surface area contributed by atoms with E-state index in [4.69, 9.17) is 9.84 Å². The fourth-order valence-corrected chi connectivity index (χ4v) is 3.15. The Balaban J connectivity index is 2.26. The zero-order valence-corrected chi connectivity index (χ0v) is 13.6. The van der Waals surface area contributed by atoms with Gasteiger partial charge in [0.05, 0.1) is 12.5 Å². The molecule has 0 aliphatic heterocycles. The molecule has 5 nitrogen and oxygen atoms in total. The van der Waals surface area contributed by atoms with Crippen molar-refractivity contribution in [1.29, 1.82) is 0 Å². The molecule has 22 heavy (non-hydrogen) atoms. The van der Waals surface area contributed by atoms with Crippen molar-refractivity contribution >= 4 is 33.5 Å². The van der Waals surface area contributed by atoms with E-state index >= 15 is 0 Å². The summed E-state index contributed by atoms with van der Waals surface area (Å²) in [5, 5.41) is 14.6. The molecule has 2 rings (SSSR count). The van der Waals surface area contributed by atoms with E-state index < -0.39 is 23.7 Å². The second kappa shape index (κ2) is 6.36.